The van der Waals surface area contributed by atoms with E-state index >= 15 is 0 Å². The molecule has 5 heteroatoms. The van der Waals surface area contributed by atoms with Crippen LogP contribution < -0.4 is 5.32 Å². The Bertz CT molecular complexity index is 455. The van der Waals surface area contributed by atoms with E-state index in [0.29, 0.717) is 5.56 Å². The van der Waals surface area contributed by atoms with Crippen molar-refractivity contribution in [1.29, 1.82) is 0 Å². The molecule has 3 nitrogen and oxygen atoms in total. The molecule has 0 aliphatic rings. The maximum Gasteiger partial charge on any atom is 0.320 e. The second-order valence-electron chi connectivity index (χ2n) is 5.35. The molecule has 0 saturated carbocycles. The Morgan fingerprint density at radius 3 is 2.53 bits per heavy atom. The van der Waals surface area contributed by atoms with Crippen LogP contribution in [0.25, 0.3) is 0 Å². The van der Waals surface area contributed by atoms with Crippen molar-refractivity contribution in [1.82, 2.24) is 5.32 Å². The molecule has 1 aromatic rings. The molecule has 0 heterocycles. The Hall–Kier alpha value is -1.49. The molecule has 1 aromatic carbocycles. The highest BCUT2D eigenvalue weighted by molar-refractivity contribution is 5.72. The number of carbonyl (C=O) groups is 1. The third-order valence-electron chi connectivity index (χ3n) is 2.40. The molecular formula is C14H19F2NO2. The van der Waals surface area contributed by atoms with Crippen LogP contribution in [-0.4, -0.2) is 18.1 Å². The highest BCUT2D eigenvalue weighted by atomic mass is 19.1. The van der Waals surface area contributed by atoms with Crippen LogP contribution in [0.1, 0.15) is 39.3 Å². The molecule has 0 fully saturated rings. The second-order valence-corrected chi connectivity index (χ2v) is 5.35. The van der Waals surface area contributed by atoms with Crippen LogP contribution in [0.3, 0.4) is 0 Å². The molecule has 0 radical (unpaired) electrons. The molecule has 0 saturated heterocycles. The number of esters is 1. The number of ether oxygens (including phenoxy) is 1. The van der Waals surface area contributed by atoms with Crippen LogP contribution in [0.2, 0.25) is 0 Å². The van der Waals surface area contributed by atoms with E-state index in [9.17, 15) is 13.6 Å². The van der Waals surface area contributed by atoms with Crippen molar-refractivity contribution in [2.24, 2.45) is 0 Å². The normalized spacial score (nSPS) is 13.2. The van der Waals surface area contributed by atoms with Gasteiger partial charge in [-0.1, -0.05) is 6.07 Å². The van der Waals surface area contributed by atoms with Gasteiger partial charge in [0, 0.05) is 17.7 Å². The van der Waals surface area contributed by atoms with E-state index < -0.39 is 29.2 Å². The van der Waals surface area contributed by atoms with Crippen LogP contribution in [-0.2, 0) is 9.53 Å². The first-order chi connectivity index (χ1) is 8.69. The number of hydrogen-bond donors (Lipinski definition) is 1. The maximum atomic E-state index is 13.5. The SMILES string of the molecule is CC(NCC(=O)OC(C)(C)C)c1ccc(F)cc1F. The maximum absolute atomic E-state index is 13.5. The van der Waals surface area contributed by atoms with E-state index in [2.05, 4.69) is 5.32 Å². The Kier molecular flexibility index (Phi) is 5.00. The zero-order chi connectivity index (χ0) is 14.6. The van der Waals surface area contributed by atoms with E-state index in [-0.39, 0.29) is 6.54 Å². The lowest BCUT2D eigenvalue weighted by Gasteiger charge is -2.21. The van der Waals surface area contributed by atoms with Gasteiger partial charge in [0.1, 0.15) is 17.2 Å². The van der Waals surface area contributed by atoms with Crippen LogP contribution >= 0.6 is 0 Å². The second kappa shape index (κ2) is 6.10. The zero-order valence-electron chi connectivity index (χ0n) is 11.6. The van der Waals surface area contributed by atoms with Gasteiger partial charge in [-0.3, -0.25) is 4.79 Å². The fourth-order valence-corrected chi connectivity index (χ4v) is 1.58. The minimum Gasteiger partial charge on any atom is -0.459 e. The minimum absolute atomic E-state index is 0.0325. The molecule has 0 aliphatic carbocycles. The predicted molar refractivity (Wildman–Crippen MR) is 68.6 cm³/mol. The Morgan fingerprint density at radius 2 is 2.00 bits per heavy atom. The van der Waals surface area contributed by atoms with E-state index in [1.165, 1.54) is 12.1 Å². The summed E-state index contributed by atoms with van der Waals surface area (Å²) in [5, 5.41) is 2.84. The first-order valence-corrected chi connectivity index (χ1v) is 6.09. The summed E-state index contributed by atoms with van der Waals surface area (Å²) in [6, 6.07) is 2.95. The summed E-state index contributed by atoms with van der Waals surface area (Å²) in [6.07, 6.45) is 0. The Morgan fingerprint density at radius 1 is 1.37 bits per heavy atom. The van der Waals surface area contributed by atoms with Crippen molar-refractivity contribution < 1.29 is 18.3 Å². The first kappa shape index (κ1) is 15.6. The smallest absolute Gasteiger partial charge is 0.320 e. The van der Waals surface area contributed by atoms with Crippen LogP contribution in [0, 0.1) is 11.6 Å². The molecule has 106 valence electrons. The van der Waals surface area contributed by atoms with Crippen molar-refractivity contribution in [2.45, 2.75) is 39.3 Å². The Balaban J connectivity index is 2.56. The first-order valence-electron chi connectivity index (χ1n) is 6.09. The molecule has 0 aliphatic heterocycles. The molecule has 1 atom stereocenters. The fraction of sp³-hybridized carbons (Fsp3) is 0.500. The molecule has 0 spiro atoms. The number of benzene rings is 1. The summed E-state index contributed by atoms with van der Waals surface area (Å²) in [5.41, 5.74) is -0.242. The summed E-state index contributed by atoms with van der Waals surface area (Å²) < 4.78 is 31.4. The molecule has 1 rings (SSSR count). The van der Waals surface area contributed by atoms with Crippen LogP contribution in [0.15, 0.2) is 18.2 Å². The van der Waals surface area contributed by atoms with E-state index in [4.69, 9.17) is 4.74 Å². The van der Waals surface area contributed by atoms with Crippen molar-refractivity contribution in [3.8, 4) is 0 Å². The van der Waals surface area contributed by atoms with Crippen molar-refractivity contribution in [3.05, 3.63) is 35.4 Å². The topological polar surface area (TPSA) is 38.3 Å². The molecule has 1 unspecified atom stereocenters. The molecule has 0 aromatic heterocycles. The molecule has 1 N–H and O–H groups in total. The van der Waals surface area contributed by atoms with Gasteiger partial charge < -0.3 is 10.1 Å². The lowest BCUT2D eigenvalue weighted by molar-refractivity contribution is -0.153. The number of nitrogens with one attached hydrogen (secondary N) is 1. The van der Waals surface area contributed by atoms with Crippen LogP contribution in [0.4, 0.5) is 8.78 Å². The lowest BCUT2D eigenvalue weighted by atomic mass is 10.1. The highest BCUT2D eigenvalue weighted by Gasteiger charge is 2.18. The van der Waals surface area contributed by atoms with E-state index in [0.717, 1.165) is 6.07 Å². The number of hydrogen-bond acceptors (Lipinski definition) is 3. The van der Waals surface area contributed by atoms with Gasteiger partial charge in [0.15, 0.2) is 0 Å². The zero-order valence-corrected chi connectivity index (χ0v) is 11.6. The van der Waals surface area contributed by atoms with Gasteiger partial charge in [0.2, 0.25) is 0 Å². The summed E-state index contributed by atoms with van der Waals surface area (Å²) in [4.78, 5) is 11.5. The molecular weight excluding hydrogens is 252 g/mol. The summed E-state index contributed by atoms with van der Waals surface area (Å²) in [7, 11) is 0. The summed E-state index contributed by atoms with van der Waals surface area (Å²) >= 11 is 0. The summed E-state index contributed by atoms with van der Waals surface area (Å²) in [5.74, 6) is -1.67. The van der Waals surface area contributed by atoms with Gasteiger partial charge >= 0.3 is 5.97 Å². The largest absolute Gasteiger partial charge is 0.459 e. The van der Waals surface area contributed by atoms with Gasteiger partial charge in [-0.05, 0) is 33.8 Å². The molecule has 19 heavy (non-hydrogen) atoms. The monoisotopic (exact) mass is 271 g/mol. The molecule has 0 amide bonds. The lowest BCUT2D eigenvalue weighted by Crippen LogP contribution is -2.32. The van der Waals surface area contributed by atoms with Gasteiger partial charge in [-0.15, -0.1) is 0 Å². The standard InChI is InChI=1S/C14H19F2NO2/c1-9(11-6-5-10(15)7-12(11)16)17-8-13(18)19-14(2,3)4/h5-7,9,17H,8H2,1-4H3. The van der Waals surface area contributed by atoms with Crippen LogP contribution in [0.5, 0.6) is 0 Å². The average Bonchev–Trinajstić information content (AvgIpc) is 2.23. The quantitative estimate of drug-likeness (QED) is 0.856. The van der Waals surface area contributed by atoms with Gasteiger partial charge in [-0.2, -0.15) is 0 Å². The van der Waals surface area contributed by atoms with Crippen molar-refractivity contribution >= 4 is 5.97 Å². The highest BCUT2D eigenvalue weighted by Crippen LogP contribution is 2.17. The molecule has 0 bridgehead atoms. The van der Waals surface area contributed by atoms with Crippen molar-refractivity contribution in [3.63, 3.8) is 0 Å². The third kappa shape index (κ3) is 5.34. The van der Waals surface area contributed by atoms with Gasteiger partial charge in [-0.25, -0.2) is 8.78 Å². The van der Waals surface area contributed by atoms with E-state index in [1.807, 2.05) is 0 Å². The number of carbonyl (C=O) groups excluding carboxylic acids is 1. The minimum atomic E-state index is -0.635. The van der Waals surface area contributed by atoms with Crippen molar-refractivity contribution in [2.75, 3.05) is 6.54 Å². The Labute approximate surface area is 112 Å². The third-order valence-corrected chi connectivity index (χ3v) is 2.40. The van der Waals surface area contributed by atoms with Gasteiger partial charge in [0.05, 0.1) is 6.54 Å². The average molecular weight is 271 g/mol. The van der Waals surface area contributed by atoms with Gasteiger partial charge in [0.25, 0.3) is 0 Å². The number of halogens is 2. The number of rotatable bonds is 4. The fourth-order valence-electron chi connectivity index (χ4n) is 1.58. The summed E-state index contributed by atoms with van der Waals surface area (Å²) in [6.45, 7) is 6.98. The van der Waals surface area contributed by atoms with E-state index in [1.54, 1.807) is 27.7 Å². The predicted octanol–water partition coefficient (Wildman–Crippen LogP) is 2.96.